The molecule has 0 saturated heterocycles. The molecule has 2 aromatic rings. The van der Waals surface area contributed by atoms with Gasteiger partial charge in [-0.3, -0.25) is 0 Å². The van der Waals surface area contributed by atoms with Crippen LogP contribution in [0.3, 0.4) is 0 Å². The fourth-order valence-corrected chi connectivity index (χ4v) is 2.79. The Morgan fingerprint density at radius 3 is 2.62 bits per heavy atom. The SMILES string of the molecule is CCS(=O)(=O)c1ccc(Oc2cccc(Cl)c2)c(C#N)c1. The van der Waals surface area contributed by atoms with Crippen molar-refractivity contribution in [1.82, 2.24) is 0 Å². The number of hydrogen-bond acceptors (Lipinski definition) is 4. The normalized spacial score (nSPS) is 10.9. The van der Waals surface area contributed by atoms with Crippen molar-refractivity contribution >= 4 is 21.4 Å². The fraction of sp³-hybridized carbons (Fsp3) is 0.133. The Balaban J connectivity index is 2.40. The summed E-state index contributed by atoms with van der Waals surface area (Å²) in [6, 6.07) is 12.9. The van der Waals surface area contributed by atoms with E-state index in [9.17, 15) is 8.42 Å². The van der Waals surface area contributed by atoms with Crippen LogP contribution in [0.15, 0.2) is 47.4 Å². The van der Waals surface area contributed by atoms with Crippen molar-refractivity contribution in [3.63, 3.8) is 0 Å². The molecule has 108 valence electrons. The summed E-state index contributed by atoms with van der Waals surface area (Å²) < 4.78 is 29.2. The summed E-state index contributed by atoms with van der Waals surface area (Å²) >= 11 is 5.86. The van der Waals surface area contributed by atoms with Crippen molar-refractivity contribution in [1.29, 1.82) is 5.26 Å². The molecule has 0 N–H and O–H groups in total. The molecule has 0 bridgehead atoms. The van der Waals surface area contributed by atoms with Crippen LogP contribution in [0.5, 0.6) is 11.5 Å². The van der Waals surface area contributed by atoms with E-state index in [-0.39, 0.29) is 22.0 Å². The quantitative estimate of drug-likeness (QED) is 0.859. The molecular weight excluding hydrogens is 310 g/mol. The van der Waals surface area contributed by atoms with Gasteiger partial charge in [-0.2, -0.15) is 5.26 Å². The maximum absolute atomic E-state index is 11.8. The first kappa shape index (κ1) is 15.4. The average Bonchev–Trinajstić information content (AvgIpc) is 2.47. The lowest BCUT2D eigenvalue weighted by atomic mass is 10.2. The minimum atomic E-state index is -3.35. The monoisotopic (exact) mass is 321 g/mol. The third-order valence-electron chi connectivity index (χ3n) is 2.83. The number of nitriles is 1. The highest BCUT2D eigenvalue weighted by Gasteiger charge is 2.15. The van der Waals surface area contributed by atoms with E-state index in [1.807, 2.05) is 6.07 Å². The van der Waals surface area contributed by atoms with Crippen LogP contribution in [0, 0.1) is 11.3 Å². The number of hydrogen-bond donors (Lipinski definition) is 0. The van der Waals surface area contributed by atoms with Crippen molar-refractivity contribution in [2.24, 2.45) is 0 Å². The van der Waals surface area contributed by atoms with Crippen molar-refractivity contribution in [3.8, 4) is 17.6 Å². The predicted molar refractivity (Wildman–Crippen MR) is 80.4 cm³/mol. The maximum Gasteiger partial charge on any atom is 0.178 e. The van der Waals surface area contributed by atoms with Crippen molar-refractivity contribution in [2.75, 3.05) is 5.75 Å². The molecule has 0 radical (unpaired) electrons. The fourth-order valence-electron chi connectivity index (χ4n) is 1.70. The van der Waals surface area contributed by atoms with E-state index in [0.29, 0.717) is 10.8 Å². The van der Waals surface area contributed by atoms with Crippen molar-refractivity contribution in [2.45, 2.75) is 11.8 Å². The summed E-state index contributed by atoms with van der Waals surface area (Å²) in [4.78, 5) is 0.111. The Bertz CT molecular complexity index is 810. The lowest BCUT2D eigenvalue weighted by molar-refractivity contribution is 0.480. The van der Waals surface area contributed by atoms with E-state index in [2.05, 4.69) is 0 Å². The minimum absolute atomic E-state index is 0.0215. The van der Waals surface area contributed by atoms with Crippen LogP contribution in [-0.4, -0.2) is 14.2 Å². The molecule has 0 heterocycles. The van der Waals surface area contributed by atoms with Crippen LogP contribution < -0.4 is 4.74 Å². The van der Waals surface area contributed by atoms with Gasteiger partial charge in [0, 0.05) is 5.02 Å². The third kappa shape index (κ3) is 3.54. The Kier molecular flexibility index (Phi) is 4.51. The minimum Gasteiger partial charge on any atom is -0.456 e. The van der Waals surface area contributed by atoms with Gasteiger partial charge in [-0.05, 0) is 36.4 Å². The summed E-state index contributed by atoms with van der Waals surface area (Å²) in [6.07, 6.45) is 0. The lowest BCUT2D eigenvalue weighted by Gasteiger charge is -2.09. The Morgan fingerprint density at radius 2 is 2.00 bits per heavy atom. The van der Waals surface area contributed by atoms with Crippen LogP contribution in [0.2, 0.25) is 5.02 Å². The van der Waals surface area contributed by atoms with Gasteiger partial charge in [0.2, 0.25) is 0 Å². The van der Waals surface area contributed by atoms with E-state index in [0.717, 1.165) is 0 Å². The molecule has 0 aliphatic carbocycles. The predicted octanol–water partition coefficient (Wildman–Crippen LogP) is 3.80. The van der Waals surface area contributed by atoms with Crippen molar-refractivity contribution in [3.05, 3.63) is 53.1 Å². The second kappa shape index (κ2) is 6.17. The van der Waals surface area contributed by atoms with Gasteiger partial charge in [0.1, 0.15) is 17.6 Å². The van der Waals surface area contributed by atoms with Gasteiger partial charge in [-0.1, -0.05) is 24.6 Å². The Hall–Kier alpha value is -2.03. The number of halogens is 1. The molecule has 0 spiro atoms. The highest BCUT2D eigenvalue weighted by Crippen LogP contribution is 2.28. The largest absolute Gasteiger partial charge is 0.456 e. The standard InChI is InChI=1S/C15H12ClNO3S/c1-2-21(18,19)14-6-7-15(11(8-14)10-17)20-13-5-3-4-12(16)9-13/h3-9H,2H2,1H3. The number of ether oxygens (including phenoxy) is 1. The van der Waals surface area contributed by atoms with Crippen LogP contribution in [0.4, 0.5) is 0 Å². The molecule has 2 rings (SSSR count). The highest BCUT2D eigenvalue weighted by molar-refractivity contribution is 7.91. The van der Waals surface area contributed by atoms with E-state index in [1.54, 1.807) is 31.2 Å². The summed E-state index contributed by atoms with van der Waals surface area (Å²) in [7, 11) is -3.35. The van der Waals surface area contributed by atoms with Crippen molar-refractivity contribution < 1.29 is 13.2 Å². The van der Waals surface area contributed by atoms with Gasteiger partial charge < -0.3 is 4.74 Å². The first-order chi connectivity index (χ1) is 9.96. The second-order valence-corrected chi connectivity index (χ2v) is 6.95. The molecule has 0 fully saturated rings. The Morgan fingerprint density at radius 1 is 1.24 bits per heavy atom. The zero-order valence-corrected chi connectivity index (χ0v) is 12.8. The zero-order chi connectivity index (χ0) is 15.5. The van der Waals surface area contributed by atoms with Crippen LogP contribution >= 0.6 is 11.6 Å². The zero-order valence-electron chi connectivity index (χ0n) is 11.2. The first-order valence-electron chi connectivity index (χ1n) is 6.16. The second-order valence-electron chi connectivity index (χ2n) is 4.23. The number of nitrogens with zero attached hydrogens (tertiary/aromatic N) is 1. The van der Waals surface area contributed by atoms with Crippen LogP contribution in [0.1, 0.15) is 12.5 Å². The molecule has 0 atom stereocenters. The molecule has 0 unspecified atom stereocenters. The summed E-state index contributed by atoms with van der Waals surface area (Å²) in [5, 5.41) is 9.67. The van der Waals surface area contributed by atoms with Crippen LogP contribution in [0.25, 0.3) is 0 Å². The van der Waals surface area contributed by atoms with Gasteiger partial charge in [0.15, 0.2) is 9.84 Å². The molecule has 4 nitrogen and oxygen atoms in total. The highest BCUT2D eigenvalue weighted by atomic mass is 35.5. The van der Waals surface area contributed by atoms with E-state index < -0.39 is 9.84 Å². The topological polar surface area (TPSA) is 67.2 Å². The molecule has 0 aliphatic rings. The molecule has 0 saturated carbocycles. The van der Waals surface area contributed by atoms with Gasteiger partial charge in [0.05, 0.1) is 16.2 Å². The average molecular weight is 322 g/mol. The smallest absolute Gasteiger partial charge is 0.178 e. The number of sulfone groups is 1. The van der Waals surface area contributed by atoms with E-state index >= 15 is 0 Å². The number of rotatable bonds is 4. The first-order valence-corrected chi connectivity index (χ1v) is 8.19. The molecular formula is C15H12ClNO3S. The van der Waals surface area contributed by atoms with E-state index in [4.69, 9.17) is 21.6 Å². The number of benzene rings is 2. The summed E-state index contributed by atoms with van der Waals surface area (Å²) in [5.41, 5.74) is 0.157. The Labute approximate surface area is 128 Å². The van der Waals surface area contributed by atoms with Gasteiger partial charge in [0.25, 0.3) is 0 Å². The molecule has 2 aromatic carbocycles. The molecule has 0 amide bonds. The van der Waals surface area contributed by atoms with Gasteiger partial charge >= 0.3 is 0 Å². The molecule has 6 heteroatoms. The third-order valence-corrected chi connectivity index (χ3v) is 4.80. The molecule has 0 aromatic heterocycles. The van der Waals surface area contributed by atoms with Crippen LogP contribution in [-0.2, 0) is 9.84 Å². The van der Waals surface area contributed by atoms with Gasteiger partial charge in [-0.15, -0.1) is 0 Å². The maximum atomic E-state index is 11.8. The summed E-state index contributed by atoms with van der Waals surface area (Å²) in [6.45, 7) is 1.55. The van der Waals surface area contributed by atoms with E-state index in [1.165, 1.54) is 18.2 Å². The molecule has 0 aliphatic heterocycles. The van der Waals surface area contributed by atoms with Gasteiger partial charge in [-0.25, -0.2) is 8.42 Å². The summed E-state index contributed by atoms with van der Waals surface area (Å²) in [5.74, 6) is 0.742. The lowest BCUT2D eigenvalue weighted by Crippen LogP contribution is -2.04. The molecule has 21 heavy (non-hydrogen) atoms.